The minimum Gasteiger partial charge on any atom is -0.392 e. The Morgan fingerprint density at radius 1 is 1.24 bits per heavy atom. The maximum atomic E-state index is 13.8. The smallest absolute Gasteiger partial charge is 0.255 e. The first-order valence-corrected chi connectivity index (χ1v) is 7.09. The van der Waals surface area contributed by atoms with Gasteiger partial charge in [0.05, 0.1) is 11.5 Å². The highest BCUT2D eigenvalue weighted by Gasteiger charge is 2.21. The van der Waals surface area contributed by atoms with Crippen molar-refractivity contribution in [3.8, 4) is 0 Å². The predicted octanol–water partition coefficient (Wildman–Crippen LogP) is 3.12. The summed E-state index contributed by atoms with van der Waals surface area (Å²) in [6.07, 6.45) is 0. The van der Waals surface area contributed by atoms with Crippen LogP contribution in [0.15, 0.2) is 36.4 Å². The largest absolute Gasteiger partial charge is 0.392 e. The van der Waals surface area contributed by atoms with Crippen molar-refractivity contribution in [1.29, 1.82) is 0 Å². The molecule has 2 aromatic rings. The first-order valence-electron chi connectivity index (χ1n) is 6.68. The standard InChI is InChI=1S/C16H17FN2OS/c1-10(2)19(9-15(18)21)16(20)13-7-8-14(17)12-6-4-3-5-11(12)13/h3-8,10H,9H2,1-2H3,(H2,18,21). The van der Waals surface area contributed by atoms with Crippen molar-refractivity contribution in [2.75, 3.05) is 6.54 Å². The van der Waals surface area contributed by atoms with E-state index in [1.165, 1.54) is 12.1 Å². The molecule has 0 aromatic heterocycles. The molecular formula is C16H17FN2OS. The zero-order valence-corrected chi connectivity index (χ0v) is 12.8. The normalized spacial score (nSPS) is 10.9. The molecule has 0 atom stereocenters. The Morgan fingerprint density at radius 3 is 2.43 bits per heavy atom. The molecule has 2 rings (SSSR count). The van der Waals surface area contributed by atoms with E-state index < -0.39 is 0 Å². The molecule has 0 aliphatic carbocycles. The molecule has 2 aromatic carbocycles. The molecule has 0 fully saturated rings. The van der Waals surface area contributed by atoms with Crippen LogP contribution in [-0.4, -0.2) is 28.4 Å². The van der Waals surface area contributed by atoms with Crippen molar-refractivity contribution in [3.05, 3.63) is 47.8 Å². The number of thiocarbonyl (C=S) groups is 1. The van der Waals surface area contributed by atoms with E-state index in [0.29, 0.717) is 16.3 Å². The van der Waals surface area contributed by atoms with Gasteiger partial charge >= 0.3 is 0 Å². The van der Waals surface area contributed by atoms with Crippen LogP contribution in [0.3, 0.4) is 0 Å². The lowest BCUT2D eigenvalue weighted by Gasteiger charge is -2.26. The molecule has 21 heavy (non-hydrogen) atoms. The van der Waals surface area contributed by atoms with Gasteiger partial charge in [0.2, 0.25) is 0 Å². The third-order valence-corrected chi connectivity index (χ3v) is 3.44. The average Bonchev–Trinajstić information content (AvgIpc) is 2.44. The zero-order valence-electron chi connectivity index (χ0n) is 12.0. The van der Waals surface area contributed by atoms with E-state index in [1.54, 1.807) is 29.2 Å². The van der Waals surface area contributed by atoms with E-state index >= 15 is 0 Å². The van der Waals surface area contributed by atoms with Crippen LogP contribution in [0.25, 0.3) is 10.8 Å². The van der Waals surface area contributed by atoms with Crippen LogP contribution in [0, 0.1) is 5.82 Å². The highest BCUT2D eigenvalue weighted by Crippen LogP contribution is 2.23. The average molecular weight is 304 g/mol. The molecule has 110 valence electrons. The number of carbonyl (C=O) groups excluding carboxylic acids is 1. The van der Waals surface area contributed by atoms with Crippen molar-refractivity contribution in [3.63, 3.8) is 0 Å². The zero-order chi connectivity index (χ0) is 15.6. The van der Waals surface area contributed by atoms with Gasteiger partial charge in [0, 0.05) is 17.0 Å². The molecule has 1 amide bonds. The number of fused-ring (bicyclic) bond motifs is 1. The molecule has 0 saturated heterocycles. The third kappa shape index (κ3) is 3.19. The number of nitrogens with zero attached hydrogens (tertiary/aromatic N) is 1. The maximum absolute atomic E-state index is 13.8. The topological polar surface area (TPSA) is 46.3 Å². The molecule has 0 heterocycles. The van der Waals surface area contributed by atoms with Gasteiger partial charge in [-0.25, -0.2) is 4.39 Å². The lowest BCUT2D eigenvalue weighted by molar-refractivity contribution is 0.0738. The Hall–Kier alpha value is -2.01. The summed E-state index contributed by atoms with van der Waals surface area (Å²) < 4.78 is 13.8. The van der Waals surface area contributed by atoms with Crippen LogP contribution >= 0.6 is 12.2 Å². The van der Waals surface area contributed by atoms with Crippen LogP contribution < -0.4 is 5.73 Å². The van der Waals surface area contributed by atoms with Crippen LogP contribution in [0.5, 0.6) is 0 Å². The first-order chi connectivity index (χ1) is 9.91. The number of halogens is 1. The van der Waals surface area contributed by atoms with Crippen LogP contribution in [0.1, 0.15) is 24.2 Å². The fourth-order valence-electron chi connectivity index (χ4n) is 2.26. The van der Waals surface area contributed by atoms with Crippen LogP contribution in [0.2, 0.25) is 0 Å². The van der Waals surface area contributed by atoms with Gasteiger partial charge in [-0.15, -0.1) is 0 Å². The van der Waals surface area contributed by atoms with Gasteiger partial charge in [0.1, 0.15) is 5.82 Å². The molecule has 0 spiro atoms. The molecular weight excluding hydrogens is 287 g/mol. The lowest BCUT2D eigenvalue weighted by atomic mass is 10.0. The van der Waals surface area contributed by atoms with Gasteiger partial charge < -0.3 is 10.6 Å². The van der Waals surface area contributed by atoms with Gasteiger partial charge in [-0.3, -0.25) is 4.79 Å². The van der Waals surface area contributed by atoms with Gasteiger partial charge in [-0.05, 0) is 31.4 Å². The summed E-state index contributed by atoms with van der Waals surface area (Å²) >= 11 is 4.90. The highest BCUT2D eigenvalue weighted by molar-refractivity contribution is 7.80. The number of carbonyl (C=O) groups is 1. The number of nitrogens with two attached hydrogens (primary N) is 1. The SMILES string of the molecule is CC(C)N(CC(N)=S)C(=O)c1ccc(F)c2ccccc12. The Kier molecular flexibility index (Phi) is 4.53. The second-order valence-corrected chi connectivity index (χ2v) is 5.66. The van der Waals surface area contributed by atoms with Gasteiger partial charge in [0.15, 0.2) is 0 Å². The fourth-order valence-corrected chi connectivity index (χ4v) is 2.40. The summed E-state index contributed by atoms with van der Waals surface area (Å²) in [6.45, 7) is 3.99. The van der Waals surface area contributed by atoms with E-state index in [0.717, 1.165) is 0 Å². The Morgan fingerprint density at radius 2 is 1.86 bits per heavy atom. The van der Waals surface area contributed by atoms with Crippen molar-refractivity contribution < 1.29 is 9.18 Å². The minimum absolute atomic E-state index is 0.0529. The molecule has 0 saturated carbocycles. The summed E-state index contributed by atoms with van der Waals surface area (Å²) in [7, 11) is 0. The third-order valence-electron chi connectivity index (χ3n) is 3.31. The maximum Gasteiger partial charge on any atom is 0.255 e. The summed E-state index contributed by atoms with van der Waals surface area (Å²) in [5.41, 5.74) is 6.02. The van der Waals surface area contributed by atoms with Gasteiger partial charge in [-0.2, -0.15) is 0 Å². The van der Waals surface area contributed by atoms with Crippen LogP contribution in [0.4, 0.5) is 4.39 Å². The minimum atomic E-state index is -0.340. The summed E-state index contributed by atoms with van der Waals surface area (Å²) in [5, 5.41) is 1.03. The molecule has 2 N–H and O–H groups in total. The predicted molar refractivity (Wildman–Crippen MR) is 86.9 cm³/mol. The highest BCUT2D eigenvalue weighted by atomic mass is 32.1. The van der Waals surface area contributed by atoms with Gasteiger partial charge in [0.25, 0.3) is 5.91 Å². The summed E-state index contributed by atoms with van der Waals surface area (Å²) in [5.74, 6) is -0.540. The summed E-state index contributed by atoms with van der Waals surface area (Å²) in [4.78, 5) is 14.6. The molecule has 5 heteroatoms. The van der Waals surface area contributed by atoms with Crippen LogP contribution in [-0.2, 0) is 0 Å². The first kappa shape index (κ1) is 15.4. The number of rotatable bonds is 4. The molecule has 0 aliphatic heterocycles. The van der Waals surface area contributed by atoms with Crippen molar-refractivity contribution in [2.24, 2.45) is 5.73 Å². The van der Waals surface area contributed by atoms with Gasteiger partial charge in [-0.1, -0.05) is 36.5 Å². The van der Waals surface area contributed by atoms with E-state index in [9.17, 15) is 9.18 Å². The molecule has 0 aliphatic rings. The lowest BCUT2D eigenvalue weighted by Crippen LogP contribution is -2.42. The van der Waals surface area contributed by atoms with E-state index in [4.69, 9.17) is 18.0 Å². The number of hydrogen-bond donors (Lipinski definition) is 1. The quantitative estimate of drug-likeness (QED) is 0.883. The van der Waals surface area contributed by atoms with Crippen molar-refractivity contribution in [2.45, 2.75) is 19.9 Å². The van der Waals surface area contributed by atoms with E-state index in [2.05, 4.69) is 0 Å². The van der Waals surface area contributed by atoms with E-state index in [-0.39, 0.29) is 29.3 Å². The number of amides is 1. The summed E-state index contributed by atoms with van der Waals surface area (Å²) in [6, 6.07) is 9.70. The Bertz CT molecular complexity index is 700. The molecule has 0 radical (unpaired) electrons. The fraction of sp³-hybridized carbons (Fsp3) is 0.250. The number of benzene rings is 2. The Balaban J connectivity index is 2.52. The molecule has 0 bridgehead atoms. The molecule has 3 nitrogen and oxygen atoms in total. The Labute approximate surface area is 128 Å². The molecule has 0 unspecified atom stereocenters. The second-order valence-electron chi connectivity index (χ2n) is 5.13. The van der Waals surface area contributed by atoms with E-state index in [1.807, 2.05) is 13.8 Å². The van der Waals surface area contributed by atoms with Crippen molar-refractivity contribution in [1.82, 2.24) is 4.90 Å². The monoisotopic (exact) mass is 304 g/mol. The van der Waals surface area contributed by atoms with Crippen molar-refractivity contribution >= 4 is 33.9 Å². The second kappa shape index (κ2) is 6.18. The number of hydrogen-bond acceptors (Lipinski definition) is 2.